The Labute approximate surface area is 91.8 Å². The van der Waals surface area contributed by atoms with Crippen LogP contribution >= 0.6 is 0 Å². The van der Waals surface area contributed by atoms with Gasteiger partial charge in [-0.3, -0.25) is 9.89 Å². The van der Waals surface area contributed by atoms with Gasteiger partial charge in [0, 0.05) is 5.39 Å². The van der Waals surface area contributed by atoms with Crippen molar-refractivity contribution in [2.24, 2.45) is 0 Å². The van der Waals surface area contributed by atoms with Crippen LogP contribution in [0.5, 0.6) is 0 Å². The molecule has 0 aliphatic heterocycles. The number of methoxy groups -OCH3 is 1. The van der Waals surface area contributed by atoms with Gasteiger partial charge in [0.15, 0.2) is 0 Å². The van der Waals surface area contributed by atoms with Crippen LogP contribution in [0, 0.1) is 11.8 Å². The first-order valence-electron chi connectivity index (χ1n) is 4.64. The maximum Gasteiger partial charge on any atom is 0.317 e. The van der Waals surface area contributed by atoms with E-state index < -0.39 is 0 Å². The SMILES string of the molecule is COC(=O)CC#Cc1cc2cn[nH]c2cn1. The molecule has 2 aromatic rings. The molecular formula is C11H9N3O2. The third kappa shape index (κ3) is 2.17. The highest BCUT2D eigenvalue weighted by Gasteiger charge is 1.97. The van der Waals surface area contributed by atoms with Crippen molar-refractivity contribution >= 4 is 16.9 Å². The van der Waals surface area contributed by atoms with E-state index in [1.165, 1.54) is 7.11 Å². The number of pyridine rings is 1. The minimum Gasteiger partial charge on any atom is -0.468 e. The Morgan fingerprint density at radius 1 is 1.56 bits per heavy atom. The maximum atomic E-state index is 10.8. The number of hydrogen-bond acceptors (Lipinski definition) is 4. The molecule has 2 rings (SSSR count). The molecule has 1 N–H and O–H groups in total. The van der Waals surface area contributed by atoms with Crippen molar-refractivity contribution in [3.63, 3.8) is 0 Å². The van der Waals surface area contributed by atoms with Gasteiger partial charge in [-0.25, -0.2) is 4.98 Å². The standard InChI is InChI=1S/C11H9N3O2/c1-16-11(15)4-2-3-9-5-8-6-13-14-10(8)7-12-9/h5-7H,4H2,1H3,(H,13,14). The first-order chi connectivity index (χ1) is 7.79. The summed E-state index contributed by atoms with van der Waals surface area (Å²) in [4.78, 5) is 14.9. The normalized spacial score (nSPS) is 9.56. The van der Waals surface area contributed by atoms with Crippen LogP contribution in [0.1, 0.15) is 12.1 Å². The maximum absolute atomic E-state index is 10.8. The number of fused-ring (bicyclic) bond motifs is 1. The number of carbonyl (C=O) groups excluding carboxylic acids is 1. The topological polar surface area (TPSA) is 67.9 Å². The van der Waals surface area contributed by atoms with E-state index in [0.717, 1.165) is 10.9 Å². The van der Waals surface area contributed by atoms with Gasteiger partial charge in [0.25, 0.3) is 0 Å². The van der Waals surface area contributed by atoms with Gasteiger partial charge in [0.05, 0.1) is 25.0 Å². The summed E-state index contributed by atoms with van der Waals surface area (Å²) in [6.07, 6.45) is 3.43. The lowest BCUT2D eigenvalue weighted by molar-refractivity contribution is -0.139. The van der Waals surface area contributed by atoms with Gasteiger partial charge in [0.1, 0.15) is 12.1 Å². The molecule has 0 amide bonds. The Morgan fingerprint density at radius 3 is 3.25 bits per heavy atom. The Morgan fingerprint density at radius 2 is 2.44 bits per heavy atom. The van der Waals surface area contributed by atoms with Crippen molar-refractivity contribution in [2.75, 3.05) is 7.11 Å². The molecule has 0 bridgehead atoms. The minimum atomic E-state index is -0.350. The van der Waals surface area contributed by atoms with Gasteiger partial charge in [-0.2, -0.15) is 5.10 Å². The second-order valence-electron chi connectivity index (χ2n) is 3.08. The summed E-state index contributed by atoms with van der Waals surface area (Å²) in [6, 6.07) is 1.81. The summed E-state index contributed by atoms with van der Waals surface area (Å²) in [5, 5.41) is 7.61. The van der Waals surface area contributed by atoms with E-state index in [2.05, 4.69) is 31.8 Å². The zero-order valence-electron chi connectivity index (χ0n) is 8.65. The van der Waals surface area contributed by atoms with Crippen molar-refractivity contribution in [3.05, 3.63) is 24.2 Å². The summed E-state index contributed by atoms with van der Waals surface area (Å²) in [6.45, 7) is 0. The molecule has 0 aliphatic carbocycles. The molecule has 0 spiro atoms. The van der Waals surface area contributed by atoms with Crippen LogP contribution < -0.4 is 0 Å². The molecule has 16 heavy (non-hydrogen) atoms. The van der Waals surface area contributed by atoms with Crippen molar-refractivity contribution in [1.82, 2.24) is 15.2 Å². The number of rotatable bonds is 1. The molecule has 80 valence electrons. The monoisotopic (exact) mass is 215 g/mol. The molecule has 0 aliphatic rings. The number of carbonyl (C=O) groups is 1. The molecule has 0 unspecified atom stereocenters. The summed E-state index contributed by atoms with van der Waals surface area (Å²) < 4.78 is 4.47. The highest BCUT2D eigenvalue weighted by atomic mass is 16.5. The third-order valence-corrected chi connectivity index (χ3v) is 2.00. The first-order valence-corrected chi connectivity index (χ1v) is 4.64. The molecule has 0 atom stereocenters. The summed E-state index contributed by atoms with van der Waals surface area (Å²) in [5.74, 6) is 5.13. The zero-order valence-corrected chi connectivity index (χ0v) is 8.65. The molecule has 0 fully saturated rings. The van der Waals surface area contributed by atoms with Crippen LogP contribution in [0.25, 0.3) is 10.9 Å². The van der Waals surface area contributed by atoms with Crippen LogP contribution in [-0.4, -0.2) is 28.3 Å². The van der Waals surface area contributed by atoms with Crippen molar-refractivity contribution in [3.8, 4) is 11.8 Å². The fraction of sp³-hybridized carbons (Fsp3) is 0.182. The van der Waals surface area contributed by atoms with Crippen molar-refractivity contribution in [2.45, 2.75) is 6.42 Å². The van der Waals surface area contributed by atoms with Crippen LogP contribution in [0.2, 0.25) is 0 Å². The van der Waals surface area contributed by atoms with E-state index in [0.29, 0.717) is 5.69 Å². The van der Waals surface area contributed by atoms with E-state index in [-0.39, 0.29) is 12.4 Å². The number of aromatic nitrogens is 3. The van der Waals surface area contributed by atoms with E-state index in [4.69, 9.17) is 0 Å². The predicted octanol–water partition coefficient (Wildman–Crippen LogP) is 0.872. The lowest BCUT2D eigenvalue weighted by Gasteiger charge is -1.91. The highest BCUT2D eigenvalue weighted by molar-refractivity contribution is 5.78. The molecule has 0 saturated heterocycles. The molecule has 2 heterocycles. The second-order valence-corrected chi connectivity index (χ2v) is 3.08. The second kappa shape index (κ2) is 4.45. The number of ether oxygens (including phenoxy) is 1. The highest BCUT2D eigenvalue weighted by Crippen LogP contribution is 2.09. The molecule has 2 aromatic heterocycles. The number of hydrogen-bond donors (Lipinski definition) is 1. The number of nitrogens with one attached hydrogen (secondary N) is 1. The number of aromatic amines is 1. The van der Waals surface area contributed by atoms with Crippen molar-refractivity contribution in [1.29, 1.82) is 0 Å². The van der Waals surface area contributed by atoms with Crippen molar-refractivity contribution < 1.29 is 9.53 Å². The fourth-order valence-corrected chi connectivity index (χ4v) is 1.19. The summed E-state index contributed by atoms with van der Waals surface area (Å²) >= 11 is 0. The van der Waals surface area contributed by atoms with Gasteiger partial charge in [-0.1, -0.05) is 5.92 Å². The van der Waals surface area contributed by atoms with E-state index in [9.17, 15) is 4.79 Å². The Balaban J connectivity index is 2.17. The Hall–Kier alpha value is -2.35. The zero-order chi connectivity index (χ0) is 11.4. The molecule has 0 aromatic carbocycles. The summed E-state index contributed by atoms with van der Waals surface area (Å²) in [7, 11) is 1.33. The predicted molar refractivity (Wildman–Crippen MR) is 57.4 cm³/mol. The van der Waals surface area contributed by atoms with Crippen LogP contribution in [-0.2, 0) is 9.53 Å². The average Bonchev–Trinajstić information content (AvgIpc) is 2.76. The molecule has 0 saturated carbocycles. The van der Waals surface area contributed by atoms with Gasteiger partial charge >= 0.3 is 5.97 Å². The van der Waals surface area contributed by atoms with Crippen LogP contribution in [0.3, 0.4) is 0 Å². The Bertz CT molecular complexity index is 577. The third-order valence-electron chi connectivity index (χ3n) is 2.00. The van der Waals surface area contributed by atoms with Gasteiger partial charge < -0.3 is 4.74 Å². The van der Waals surface area contributed by atoms with Gasteiger partial charge in [0.2, 0.25) is 0 Å². The van der Waals surface area contributed by atoms with Crippen LogP contribution in [0.15, 0.2) is 18.5 Å². The van der Waals surface area contributed by atoms with Gasteiger partial charge in [-0.15, -0.1) is 0 Å². The number of esters is 1. The first kappa shape index (κ1) is 10.2. The molecule has 5 nitrogen and oxygen atoms in total. The van der Waals surface area contributed by atoms with E-state index in [1.807, 2.05) is 6.07 Å². The smallest absolute Gasteiger partial charge is 0.317 e. The average molecular weight is 215 g/mol. The lowest BCUT2D eigenvalue weighted by Crippen LogP contribution is -1.97. The quantitative estimate of drug-likeness (QED) is 0.566. The van der Waals surface area contributed by atoms with Gasteiger partial charge in [-0.05, 0) is 12.0 Å². The van der Waals surface area contributed by atoms with E-state index >= 15 is 0 Å². The number of H-pyrrole nitrogens is 1. The summed E-state index contributed by atoms with van der Waals surface area (Å²) in [5.41, 5.74) is 1.47. The molecule has 0 radical (unpaired) electrons. The number of nitrogens with zero attached hydrogens (tertiary/aromatic N) is 2. The Kier molecular flexibility index (Phi) is 2.83. The van der Waals surface area contributed by atoms with E-state index in [1.54, 1.807) is 12.4 Å². The lowest BCUT2D eigenvalue weighted by atomic mass is 10.2. The fourth-order valence-electron chi connectivity index (χ4n) is 1.19. The minimum absolute atomic E-state index is 0.0710. The van der Waals surface area contributed by atoms with Crippen LogP contribution in [0.4, 0.5) is 0 Å². The largest absolute Gasteiger partial charge is 0.468 e. The molecule has 5 heteroatoms. The molecular weight excluding hydrogens is 206 g/mol.